The number of hydrogen-bond donors (Lipinski definition) is 1. The highest BCUT2D eigenvalue weighted by Crippen LogP contribution is 2.24. The quantitative estimate of drug-likeness (QED) is 0.918. The summed E-state index contributed by atoms with van der Waals surface area (Å²) in [5.41, 5.74) is 0.395. The van der Waals surface area contributed by atoms with Gasteiger partial charge in [0.1, 0.15) is 12.1 Å². The van der Waals surface area contributed by atoms with E-state index in [9.17, 15) is 8.78 Å². The van der Waals surface area contributed by atoms with Gasteiger partial charge < -0.3 is 10.1 Å². The lowest BCUT2D eigenvalue weighted by Crippen LogP contribution is -2.20. The van der Waals surface area contributed by atoms with Crippen molar-refractivity contribution in [2.75, 3.05) is 18.5 Å². The van der Waals surface area contributed by atoms with Gasteiger partial charge in [-0.15, -0.1) is 0 Å². The minimum Gasteiger partial charge on any atom is -0.381 e. The maximum absolute atomic E-state index is 13.4. The van der Waals surface area contributed by atoms with Crippen molar-refractivity contribution in [3.8, 4) is 0 Å². The van der Waals surface area contributed by atoms with Crippen LogP contribution in [0.25, 0.3) is 10.9 Å². The Morgan fingerprint density at radius 2 is 1.95 bits per heavy atom. The second kappa shape index (κ2) is 5.66. The molecule has 4 nitrogen and oxygen atoms in total. The largest absolute Gasteiger partial charge is 0.381 e. The van der Waals surface area contributed by atoms with E-state index in [-0.39, 0.29) is 6.04 Å². The number of anilines is 1. The molecular weight excluding hydrogens is 264 g/mol. The number of ether oxygens (including phenoxy) is 1. The highest BCUT2D eigenvalue weighted by Gasteiger charge is 2.15. The Labute approximate surface area is 115 Å². The standard InChI is InChI=1S/C14H15F2N3O/c15-11-6-10-13(7-12(11)16)17-8-18-14(10)19-9-2-1-4-20-5-3-9/h6-9H,1-5H2,(H,17,18,19)/t9-/m1/s1. The minimum atomic E-state index is -0.898. The van der Waals surface area contributed by atoms with Crippen LogP contribution in [0, 0.1) is 11.6 Å². The first-order valence-electron chi connectivity index (χ1n) is 6.68. The fraction of sp³-hybridized carbons (Fsp3) is 0.429. The molecule has 20 heavy (non-hydrogen) atoms. The SMILES string of the molecule is Fc1cc2ncnc(N[C@@H]3CCCOCC3)c2cc1F. The van der Waals surface area contributed by atoms with Crippen LogP contribution < -0.4 is 5.32 Å². The average Bonchev–Trinajstić information content (AvgIpc) is 2.70. The first kappa shape index (κ1) is 13.2. The number of benzene rings is 1. The summed E-state index contributed by atoms with van der Waals surface area (Å²) in [6.07, 6.45) is 4.17. The van der Waals surface area contributed by atoms with Gasteiger partial charge in [0.2, 0.25) is 0 Å². The molecule has 1 saturated heterocycles. The van der Waals surface area contributed by atoms with E-state index in [1.807, 2.05) is 0 Å². The van der Waals surface area contributed by atoms with Crippen molar-refractivity contribution in [2.45, 2.75) is 25.3 Å². The number of nitrogens with one attached hydrogen (secondary N) is 1. The Balaban J connectivity index is 1.92. The minimum absolute atomic E-state index is 0.226. The van der Waals surface area contributed by atoms with E-state index in [1.165, 1.54) is 6.33 Å². The molecule has 1 aliphatic heterocycles. The topological polar surface area (TPSA) is 47.0 Å². The Hall–Kier alpha value is -1.82. The van der Waals surface area contributed by atoms with Gasteiger partial charge in [-0.05, 0) is 25.3 Å². The second-order valence-electron chi connectivity index (χ2n) is 4.89. The molecule has 0 unspecified atom stereocenters. The molecule has 0 bridgehead atoms. The number of halogens is 2. The number of aromatic nitrogens is 2. The maximum Gasteiger partial charge on any atom is 0.161 e. The van der Waals surface area contributed by atoms with Gasteiger partial charge in [-0.2, -0.15) is 0 Å². The zero-order chi connectivity index (χ0) is 13.9. The summed E-state index contributed by atoms with van der Waals surface area (Å²) < 4.78 is 32.0. The molecule has 0 amide bonds. The molecule has 0 saturated carbocycles. The van der Waals surface area contributed by atoms with Gasteiger partial charge in [0.25, 0.3) is 0 Å². The Morgan fingerprint density at radius 1 is 1.10 bits per heavy atom. The average molecular weight is 279 g/mol. The predicted molar refractivity (Wildman–Crippen MR) is 71.5 cm³/mol. The van der Waals surface area contributed by atoms with E-state index >= 15 is 0 Å². The third kappa shape index (κ3) is 2.70. The van der Waals surface area contributed by atoms with E-state index in [4.69, 9.17) is 4.74 Å². The van der Waals surface area contributed by atoms with Crippen LogP contribution in [0.1, 0.15) is 19.3 Å². The lowest BCUT2D eigenvalue weighted by atomic mass is 10.1. The van der Waals surface area contributed by atoms with Crippen LogP contribution in [0.2, 0.25) is 0 Å². The van der Waals surface area contributed by atoms with Crippen LogP contribution in [0.4, 0.5) is 14.6 Å². The van der Waals surface area contributed by atoms with Gasteiger partial charge in [-0.25, -0.2) is 18.7 Å². The van der Waals surface area contributed by atoms with Gasteiger partial charge in [0.05, 0.1) is 5.52 Å². The van der Waals surface area contributed by atoms with E-state index < -0.39 is 11.6 Å². The number of rotatable bonds is 2. The first-order chi connectivity index (χ1) is 9.74. The molecule has 1 aliphatic rings. The first-order valence-corrected chi connectivity index (χ1v) is 6.68. The third-order valence-electron chi connectivity index (χ3n) is 3.47. The van der Waals surface area contributed by atoms with E-state index in [1.54, 1.807) is 0 Å². The highest BCUT2D eigenvalue weighted by molar-refractivity contribution is 5.88. The lowest BCUT2D eigenvalue weighted by molar-refractivity contribution is 0.144. The van der Waals surface area contributed by atoms with Crippen molar-refractivity contribution in [3.05, 3.63) is 30.1 Å². The molecule has 6 heteroatoms. The molecule has 106 valence electrons. The van der Waals surface area contributed by atoms with Gasteiger partial charge in [-0.1, -0.05) is 0 Å². The van der Waals surface area contributed by atoms with Crippen LogP contribution in [-0.2, 0) is 4.74 Å². The van der Waals surface area contributed by atoms with Crippen LogP contribution >= 0.6 is 0 Å². The molecule has 1 aromatic carbocycles. The summed E-state index contributed by atoms with van der Waals surface area (Å²) in [4.78, 5) is 8.12. The van der Waals surface area contributed by atoms with Crippen molar-refractivity contribution >= 4 is 16.7 Å². The molecule has 3 rings (SSSR count). The lowest BCUT2D eigenvalue weighted by Gasteiger charge is -2.17. The molecule has 1 atom stereocenters. The van der Waals surface area contributed by atoms with Crippen LogP contribution in [0.5, 0.6) is 0 Å². The zero-order valence-electron chi connectivity index (χ0n) is 10.9. The third-order valence-corrected chi connectivity index (χ3v) is 3.47. The van der Waals surface area contributed by atoms with Crippen LogP contribution in [-0.4, -0.2) is 29.2 Å². The van der Waals surface area contributed by atoms with Crippen molar-refractivity contribution in [1.82, 2.24) is 9.97 Å². The fourth-order valence-corrected chi connectivity index (χ4v) is 2.41. The van der Waals surface area contributed by atoms with Crippen LogP contribution in [0.3, 0.4) is 0 Å². The fourth-order valence-electron chi connectivity index (χ4n) is 2.41. The second-order valence-corrected chi connectivity index (χ2v) is 4.89. The van der Waals surface area contributed by atoms with Crippen molar-refractivity contribution in [1.29, 1.82) is 0 Å². The monoisotopic (exact) mass is 279 g/mol. The van der Waals surface area contributed by atoms with Gasteiger partial charge >= 0.3 is 0 Å². The zero-order valence-corrected chi connectivity index (χ0v) is 10.9. The molecule has 0 spiro atoms. The maximum atomic E-state index is 13.4. The molecule has 1 fully saturated rings. The summed E-state index contributed by atoms with van der Waals surface area (Å²) in [6, 6.07) is 2.46. The molecular formula is C14H15F2N3O. The van der Waals surface area contributed by atoms with Gasteiger partial charge in [0.15, 0.2) is 11.6 Å². The Kier molecular flexibility index (Phi) is 3.73. The highest BCUT2D eigenvalue weighted by atomic mass is 19.2. The normalized spacial score (nSPS) is 19.8. The summed E-state index contributed by atoms with van der Waals surface area (Å²) in [5.74, 6) is -1.25. The van der Waals surface area contributed by atoms with E-state index in [0.29, 0.717) is 23.3 Å². The molecule has 0 radical (unpaired) electrons. The molecule has 0 aliphatic carbocycles. The van der Waals surface area contributed by atoms with E-state index in [0.717, 1.165) is 38.0 Å². The Morgan fingerprint density at radius 3 is 2.85 bits per heavy atom. The summed E-state index contributed by atoms with van der Waals surface area (Å²) in [7, 11) is 0. The summed E-state index contributed by atoms with van der Waals surface area (Å²) in [6.45, 7) is 1.46. The molecule has 2 heterocycles. The van der Waals surface area contributed by atoms with Gasteiger partial charge in [0, 0.05) is 30.7 Å². The van der Waals surface area contributed by atoms with Crippen molar-refractivity contribution < 1.29 is 13.5 Å². The summed E-state index contributed by atoms with van der Waals surface area (Å²) >= 11 is 0. The Bertz CT molecular complexity index is 613. The molecule has 1 aromatic heterocycles. The van der Waals surface area contributed by atoms with Crippen LogP contribution in [0.15, 0.2) is 18.5 Å². The van der Waals surface area contributed by atoms with Gasteiger partial charge in [-0.3, -0.25) is 0 Å². The summed E-state index contributed by atoms with van der Waals surface area (Å²) in [5, 5.41) is 3.79. The number of hydrogen-bond acceptors (Lipinski definition) is 4. The molecule has 2 aromatic rings. The number of fused-ring (bicyclic) bond motifs is 1. The predicted octanol–water partition coefficient (Wildman–Crippen LogP) is 2.89. The van der Waals surface area contributed by atoms with E-state index in [2.05, 4.69) is 15.3 Å². The van der Waals surface area contributed by atoms with Crippen molar-refractivity contribution in [2.24, 2.45) is 0 Å². The van der Waals surface area contributed by atoms with Crippen molar-refractivity contribution in [3.63, 3.8) is 0 Å². The smallest absolute Gasteiger partial charge is 0.161 e. The molecule has 1 N–H and O–H groups in total. The number of nitrogens with zero attached hydrogens (tertiary/aromatic N) is 2.